The largest absolute Gasteiger partial charge is 0.0838 e. The van der Waals surface area contributed by atoms with Crippen molar-refractivity contribution in [3.8, 4) is 0 Å². The molecule has 16 heavy (non-hydrogen) atoms. The lowest BCUT2D eigenvalue weighted by atomic mass is 10.0. The fraction of sp³-hybridized carbons (Fsp3) is 0.538. The third-order valence-electron chi connectivity index (χ3n) is 3.35. The smallest absolute Gasteiger partial charge is 0.0412 e. The molecule has 1 aliphatic carbocycles. The molecule has 0 bridgehead atoms. The summed E-state index contributed by atoms with van der Waals surface area (Å²) in [6.45, 7) is 4.50. The summed E-state index contributed by atoms with van der Waals surface area (Å²) >= 11 is 11.3. The molecule has 0 saturated carbocycles. The van der Waals surface area contributed by atoms with Crippen LogP contribution in [0.25, 0.3) is 0 Å². The van der Waals surface area contributed by atoms with Crippen LogP contribution in [0.1, 0.15) is 41.3 Å². The van der Waals surface area contributed by atoms with Crippen molar-refractivity contribution in [1.82, 2.24) is 0 Å². The average molecular weight is 411 g/mol. The van der Waals surface area contributed by atoms with E-state index in [0.29, 0.717) is 4.83 Å². The third-order valence-corrected chi connectivity index (χ3v) is 5.94. The normalized spacial score (nSPS) is 25.1. The van der Waals surface area contributed by atoms with Crippen molar-refractivity contribution < 1.29 is 0 Å². The van der Waals surface area contributed by atoms with Gasteiger partial charge in [0.05, 0.1) is 0 Å². The molecule has 0 aliphatic heterocycles. The second-order valence-electron chi connectivity index (χ2n) is 4.73. The van der Waals surface area contributed by atoms with Crippen LogP contribution in [0.2, 0.25) is 0 Å². The van der Waals surface area contributed by atoms with Gasteiger partial charge in [0.1, 0.15) is 0 Å². The lowest BCUT2D eigenvalue weighted by molar-refractivity contribution is 0.508. The predicted octanol–water partition coefficient (Wildman–Crippen LogP) is 5.93. The van der Waals surface area contributed by atoms with Gasteiger partial charge in [0.2, 0.25) is 0 Å². The topological polar surface area (TPSA) is 0 Å². The van der Waals surface area contributed by atoms with E-state index >= 15 is 0 Å². The third kappa shape index (κ3) is 2.41. The van der Waals surface area contributed by atoms with Gasteiger partial charge < -0.3 is 0 Å². The number of alkyl halides is 1. The van der Waals surface area contributed by atoms with Crippen LogP contribution < -0.4 is 0 Å². The molecule has 0 nitrogen and oxygen atoms in total. The number of halogens is 3. The van der Waals surface area contributed by atoms with Crippen molar-refractivity contribution in [2.75, 3.05) is 0 Å². The lowest BCUT2D eigenvalue weighted by Gasteiger charge is -2.17. The maximum Gasteiger partial charge on any atom is 0.0412 e. The highest BCUT2D eigenvalue weighted by atomic mass is 79.9. The van der Waals surface area contributed by atoms with E-state index in [2.05, 4.69) is 67.7 Å². The standard InChI is InChI=1S/C13H15Br3/c1-7-3-4-9-10(14)6-8(2)13(16)12(9)11(15)5-7/h6-7,11H,3-5H2,1-2H3. The molecule has 0 N–H and O–H groups in total. The predicted molar refractivity (Wildman–Crippen MR) is 80.3 cm³/mol. The van der Waals surface area contributed by atoms with Gasteiger partial charge in [0.15, 0.2) is 0 Å². The fourth-order valence-corrected chi connectivity index (χ4v) is 5.21. The highest BCUT2D eigenvalue weighted by molar-refractivity contribution is 9.11. The van der Waals surface area contributed by atoms with Crippen molar-refractivity contribution >= 4 is 47.8 Å². The maximum absolute atomic E-state index is 3.85. The molecule has 0 amide bonds. The zero-order valence-electron chi connectivity index (χ0n) is 9.49. The van der Waals surface area contributed by atoms with Gasteiger partial charge in [-0.05, 0) is 54.9 Å². The first-order valence-electron chi connectivity index (χ1n) is 5.62. The second-order valence-corrected chi connectivity index (χ2v) is 7.48. The SMILES string of the molecule is Cc1cc(Br)c2c(c1Br)C(Br)CC(C)CC2. The van der Waals surface area contributed by atoms with Crippen LogP contribution in [-0.4, -0.2) is 0 Å². The van der Waals surface area contributed by atoms with E-state index in [1.165, 1.54) is 44.9 Å². The molecule has 1 aliphatic rings. The van der Waals surface area contributed by atoms with Crippen molar-refractivity contribution in [1.29, 1.82) is 0 Å². The van der Waals surface area contributed by atoms with E-state index in [1.807, 2.05) is 0 Å². The molecule has 88 valence electrons. The quantitative estimate of drug-likeness (QED) is 0.367. The number of benzene rings is 1. The summed E-state index contributed by atoms with van der Waals surface area (Å²) in [6, 6.07) is 2.22. The van der Waals surface area contributed by atoms with Gasteiger partial charge in [-0.15, -0.1) is 0 Å². The van der Waals surface area contributed by atoms with E-state index in [9.17, 15) is 0 Å². The summed E-state index contributed by atoms with van der Waals surface area (Å²) in [5.74, 6) is 0.788. The van der Waals surface area contributed by atoms with Gasteiger partial charge in [-0.2, -0.15) is 0 Å². The van der Waals surface area contributed by atoms with Crippen molar-refractivity contribution in [2.45, 2.75) is 37.9 Å². The molecule has 0 spiro atoms. The number of hydrogen-bond donors (Lipinski definition) is 0. The van der Waals surface area contributed by atoms with Crippen molar-refractivity contribution in [2.24, 2.45) is 5.92 Å². The summed E-state index contributed by atoms with van der Waals surface area (Å²) < 4.78 is 2.54. The minimum atomic E-state index is 0.477. The van der Waals surface area contributed by atoms with Crippen LogP contribution in [0.3, 0.4) is 0 Å². The average Bonchev–Trinajstić information content (AvgIpc) is 2.34. The van der Waals surface area contributed by atoms with E-state index in [0.717, 1.165) is 5.92 Å². The Labute approximate surface area is 123 Å². The Morgan fingerprint density at radius 2 is 2.00 bits per heavy atom. The summed E-state index contributed by atoms with van der Waals surface area (Å²) in [4.78, 5) is 0.477. The van der Waals surface area contributed by atoms with Crippen LogP contribution in [0.5, 0.6) is 0 Å². The zero-order chi connectivity index (χ0) is 11.9. The molecule has 3 heteroatoms. The molecule has 2 atom stereocenters. The Hall–Kier alpha value is 0.660. The van der Waals surface area contributed by atoms with Gasteiger partial charge in [0.25, 0.3) is 0 Å². The van der Waals surface area contributed by atoms with Crippen LogP contribution in [0.15, 0.2) is 15.0 Å². The molecule has 0 aromatic heterocycles. The van der Waals surface area contributed by atoms with Crippen molar-refractivity contribution in [3.05, 3.63) is 31.7 Å². The van der Waals surface area contributed by atoms with E-state index in [4.69, 9.17) is 0 Å². The number of fused-ring (bicyclic) bond motifs is 1. The molecular formula is C13H15Br3. The fourth-order valence-electron chi connectivity index (χ4n) is 2.37. The van der Waals surface area contributed by atoms with Crippen LogP contribution in [-0.2, 0) is 6.42 Å². The summed E-state index contributed by atoms with van der Waals surface area (Å²) in [5.41, 5.74) is 4.24. The van der Waals surface area contributed by atoms with E-state index in [-0.39, 0.29) is 0 Å². The van der Waals surface area contributed by atoms with Gasteiger partial charge in [0, 0.05) is 13.8 Å². The van der Waals surface area contributed by atoms with Crippen LogP contribution >= 0.6 is 47.8 Å². The molecular weight excluding hydrogens is 396 g/mol. The first-order chi connectivity index (χ1) is 7.50. The maximum atomic E-state index is 3.85. The molecule has 0 radical (unpaired) electrons. The Morgan fingerprint density at radius 3 is 2.69 bits per heavy atom. The first-order valence-corrected chi connectivity index (χ1v) is 8.12. The van der Waals surface area contributed by atoms with Gasteiger partial charge in [-0.3, -0.25) is 0 Å². The van der Waals surface area contributed by atoms with Gasteiger partial charge >= 0.3 is 0 Å². The van der Waals surface area contributed by atoms with Gasteiger partial charge in [-0.25, -0.2) is 0 Å². The van der Waals surface area contributed by atoms with E-state index in [1.54, 1.807) is 0 Å². The molecule has 0 saturated heterocycles. The van der Waals surface area contributed by atoms with Gasteiger partial charge in [-0.1, -0.05) is 54.7 Å². The molecule has 1 aromatic rings. The molecule has 0 heterocycles. The Kier molecular flexibility index (Phi) is 4.19. The molecule has 2 rings (SSSR count). The molecule has 0 fully saturated rings. The Bertz CT molecular complexity index is 412. The number of rotatable bonds is 0. The van der Waals surface area contributed by atoms with Crippen LogP contribution in [0, 0.1) is 12.8 Å². The van der Waals surface area contributed by atoms with Crippen LogP contribution in [0.4, 0.5) is 0 Å². The summed E-state index contributed by atoms with van der Waals surface area (Å²) in [5, 5.41) is 0. The Morgan fingerprint density at radius 1 is 1.31 bits per heavy atom. The lowest BCUT2D eigenvalue weighted by Crippen LogP contribution is -1.99. The van der Waals surface area contributed by atoms with Crippen molar-refractivity contribution in [3.63, 3.8) is 0 Å². The minimum absolute atomic E-state index is 0.477. The zero-order valence-corrected chi connectivity index (χ0v) is 14.2. The second kappa shape index (κ2) is 5.11. The summed E-state index contributed by atoms with van der Waals surface area (Å²) in [6.07, 6.45) is 3.68. The Balaban J connectivity index is 2.59. The first kappa shape index (κ1) is 13.1. The number of aryl methyl sites for hydroxylation is 1. The monoisotopic (exact) mass is 408 g/mol. The number of hydrogen-bond acceptors (Lipinski definition) is 0. The molecule has 1 aromatic carbocycles. The highest BCUT2D eigenvalue weighted by Crippen LogP contribution is 2.44. The minimum Gasteiger partial charge on any atom is -0.0838 e. The highest BCUT2D eigenvalue weighted by Gasteiger charge is 2.25. The summed E-state index contributed by atoms with van der Waals surface area (Å²) in [7, 11) is 0. The molecule has 2 unspecified atom stereocenters. The van der Waals surface area contributed by atoms with E-state index < -0.39 is 0 Å².